The molecule has 2 aromatic carbocycles. The van der Waals surface area contributed by atoms with E-state index in [-0.39, 0.29) is 25.2 Å². The van der Waals surface area contributed by atoms with Gasteiger partial charge < -0.3 is 10.2 Å². The Morgan fingerprint density at radius 3 is 2.35 bits per heavy atom. The topological polar surface area (TPSA) is 106 Å². The second-order valence-electron chi connectivity index (χ2n) is 6.33. The van der Waals surface area contributed by atoms with Crippen molar-refractivity contribution in [2.45, 2.75) is 6.54 Å². The second kappa shape index (κ2) is 8.28. The molecule has 1 aliphatic rings. The Kier molecular flexibility index (Phi) is 5.75. The molecule has 1 fully saturated rings. The summed E-state index contributed by atoms with van der Waals surface area (Å²) in [5, 5.41) is 32.4. The van der Waals surface area contributed by atoms with E-state index in [2.05, 4.69) is 5.32 Å². The normalized spacial score (nSPS) is 14.6. The van der Waals surface area contributed by atoms with Gasteiger partial charge in [-0.15, -0.1) is 0 Å². The Balaban J connectivity index is 2.23. The number of rotatable bonds is 4. The maximum Gasteiger partial charge on any atom is 0.320 e. The molecule has 1 aliphatic heterocycles. The van der Waals surface area contributed by atoms with E-state index < -0.39 is 62.2 Å². The molecule has 2 aromatic rings. The molecule has 0 aliphatic carbocycles. The molecule has 3 rings (SSSR count). The third-order valence-electron chi connectivity index (χ3n) is 4.55. The minimum atomic E-state index is -1.98. The Labute approximate surface area is 171 Å². The van der Waals surface area contributed by atoms with Crippen LogP contribution in [0.15, 0.2) is 24.0 Å². The Bertz CT molecular complexity index is 1220. The molecule has 7 nitrogen and oxygen atoms in total. The van der Waals surface area contributed by atoms with Crippen LogP contribution in [0.2, 0.25) is 0 Å². The van der Waals surface area contributed by atoms with Crippen LogP contribution in [0, 0.1) is 61.9 Å². The van der Waals surface area contributed by atoms with Crippen LogP contribution in [-0.4, -0.2) is 22.9 Å². The lowest BCUT2D eigenvalue weighted by Gasteiger charge is -2.20. The summed E-state index contributed by atoms with van der Waals surface area (Å²) >= 11 is 0. The number of nitrogens with zero attached hydrogens (tertiary/aromatic N) is 4. The van der Waals surface area contributed by atoms with Gasteiger partial charge in [0.2, 0.25) is 0 Å². The van der Waals surface area contributed by atoms with E-state index in [9.17, 15) is 37.3 Å². The van der Waals surface area contributed by atoms with Crippen LogP contribution < -0.4 is 5.32 Å². The van der Waals surface area contributed by atoms with Crippen molar-refractivity contribution in [3.8, 4) is 12.1 Å². The van der Waals surface area contributed by atoms with Gasteiger partial charge in [-0.25, -0.2) is 22.0 Å². The van der Waals surface area contributed by atoms with Gasteiger partial charge in [-0.05, 0) is 6.07 Å². The third kappa shape index (κ3) is 3.71. The molecule has 1 saturated heterocycles. The molecule has 0 saturated carbocycles. The highest BCUT2D eigenvalue weighted by atomic mass is 19.2. The third-order valence-corrected chi connectivity index (χ3v) is 4.55. The number of nitriles is 2. The van der Waals surface area contributed by atoms with Crippen LogP contribution in [0.4, 0.5) is 22.0 Å². The lowest BCUT2D eigenvalue weighted by atomic mass is 9.99. The summed E-state index contributed by atoms with van der Waals surface area (Å²) in [4.78, 5) is 11.8. The largest absolute Gasteiger partial charge is 0.364 e. The van der Waals surface area contributed by atoms with E-state index in [1.54, 1.807) is 0 Å². The highest BCUT2D eigenvalue weighted by molar-refractivity contribution is 5.69. The molecule has 0 aromatic heterocycles. The molecule has 158 valence electrons. The first-order valence-electron chi connectivity index (χ1n) is 8.53. The minimum Gasteiger partial charge on any atom is -0.364 e. The number of hydrogen-bond acceptors (Lipinski definition) is 6. The van der Waals surface area contributed by atoms with E-state index in [4.69, 9.17) is 5.26 Å². The van der Waals surface area contributed by atoms with Crippen LogP contribution in [0.5, 0.6) is 0 Å². The lowest BCUT2D eigenvalue weighted by Crippen LogP contribution is -2.25. The standard InChI is InChI=1S/C19H10F5N5O2/c20-10-2-1-9(13(21)5-10)8-28-4-3-27-19(28)18(29(30)31)14-11(6-25)15(22)12(7-26)16(23)17(14)24/h1-2,5,27H,3-4,8H2/b19-18+. The summed E-state index contributed by atoms with van der Waals surface area (Å²) in [7, 11) is 0. The smallest absolute Gasteiger partial charge is 0.320 e. The zero-order chi connectivity index (χ0) is 22.9. The van der Waals surface area contributed by atoms with Crippen LogP contribution in [0.1, 0.15) is 22.3 Å². The fourth-order valence-corrected chi connectivity index (χ4v) is 3.16. The summed E-state index contributed by atoms with van der Waals surface area (Å²) < 4.78 is 70.4. The Hall–Kier alpha value is -4.19. The summed E-state index contributed by atoms with van der Waals surface area (Å²) in [5.41, 5.74) is -5.12. The molecule has 0 radical (unpaired) electrons. The van der Waals surface area contributed by atoms with Gasteiger partial charge in [-0.2, -0.15) is 10.5 Å². The molecule has 0 spiro atoms. The van der Waals surface area contributed by atoms with Crippen LogP contribution in [0.25, 0.3) is 5.70 Å². The highest BCUT2D eigenvalue weighted by Crippen LogP contribution is 2.33. The Morgan fingerprint density at radius 1 is 1.10 bits per heavy atom. The molecular formula is C19H10F5N5O2. The van der Waals surface area contributed by atoms with Crippen molar-refractivity contribution in [2.75, 3.05) is 13.1 Å². The molecule has 1 heterocycles. The van der Waals surface area contributed by atoms with E-state index in [0.29, 0.717) is 6.07 Å². The molecule has 0 bridgehead atoms. The summed E-state index contributed by atoms with van der Waals surface area (Å²) in [5.74, 6) is -7.88. The summed E-state index contributed by atoms with van der Waals surface area (Å²) in [6, 6.07) is 4.98. The van der Waals surface area contributed by atoms with Crippen LogP contribution in [-0.2, 0) is 6.54 Å². The van der Waals surface area contributed by atoms with Gasteiger partial charge in [0.05, 0.1) is 4.92 Å². The SMILES string of the molecule is N#Cc1c(F)c(F)c(/C(=C2/NCCN2Cc2ccc(F)cc2F)[N+](=O)[O-])c(C#N)c1F. The van der Waals surface area contributed by atoms with Crippen LogP contribution >= 0.6 is 0 Å². The van der Waals surface area contributed by atoms with Crippen molar-refractivity contribution in [1.82, 2.24) is 10.2 Å². The predicted molar refractivity (Wildman–Crippen MR) is 94.4 cm³/mol. The van der Waals surface area contributed by atoms with Gasteiger partial charge in [0, 0.05) is 31.3 Å². The first-order chi connectivity index (χ1) is 14.7. The maximum atomic E-state index is 14.7. The molecule has 0 amide bonds. The second-order valence-corrected chi connectivity index (χ2v) is 6.33. The van der Waals surface area contributed by atoms with E-state index >= 15 is 0 Å². The monoisotopic (exact) mass is 435 g/mol. The van der Waals surface area contributed by atoms with Crippen molar-refractivity contribution in [1.29, 1.82) is 10.5 Å². The first-order valence-corrected chi connectivity index (χ1v) is 8.53. The number of halogens is 5. The van der Waals surface area contributed by atoms with Crippen molar-refractivity contribution in [3.05, 3.63) is 85.5 Å². The fourth-order valence-electron chi connectivity index (χ4n) is 3.16. The van der Waals surface area contributed by atoms with Gasteiger partial charge in [0.25, 0.3) is 0 Å². The number of benzene rings is 2. The molecule has 1 N–H and O–H groups in total. The van der Waals surface area contributed by atoms with E-state index in [1.165, 1.54) is 11.0 Å². The zero-order valence-electron chi connectivity index (χ0n) is 15.3. The molecule has 31 heavy (non-hydrogen) atoms. The molecule has 0 atom stereocenters. The number of nitrogens with one attached hydrogen (secondary N) is 1. The number of hydrogen-bond donors (Lipinski definition) is 1. The predicted octanol–water partition coefficient (Wildman–Crippen LogP) is 3.13. The molecule has 12 heteroatoms. The van der Waals surface area contributed by atoms with Gasteiger partial charge in [-0.1, -0.05) is 6.07 Å². The van der Waals surface area contributed by atoms with Crippen molar-refractivity contribution >= 4 is 5.70 Å². The van der Waals surface area contributed by atoms with Gasteiger partial charge in [0.1, 0.15) is 40.5 Å². The fraction of sp³-hybridized carbons (Fsp3) is 0.158. The van der Waals surface area contributed by atoms with Gasteiger partial charge in [0.15, 0.2) is 23.3 Å². The van der Waals surface area contributed by atoms with Crippen molar-refractivity contribution < 1.29 is 26.9 Å². The molecule has 0 unspecified atom stereocenters. The molecular weight excluding hydrogens is 425 g/mol. The average molecular weight is 435 g/mol. The van der Waals surface area contributed by atoms with E-state index in [0.717, 1.165) is 18.2 Å². The number of nitro groups is 1. The minimum absolute atomic E-state index is 0.0498. The first kappa shape index (κ1) is 21.5. The summed E-state index contributed by atoms with van der Waals surface area (Å²) in [6.45, 7) is -0.203. The van der Waals surface area contributed by atoms with Crippen LogP contribution in [0.3, 0.4) is 0 Å². The van der Waals surface area contributed by atoms with Crippen molar-refractivity contribution in [3.63, 3.8) is 0 Å². The van der Waals surface area contributed by atoms with E-state index in [1.807, 2.05) is 0 Å². The average Bonchev–Trinajstić information content (AvgIpc) is 3.16. The summed E-state index contributed by atoms with van der Waals surface area (Å²) in [6.07, 6.45) is 0. The maximum absolute atomic E-state index is 14.7. The van der Waals surface area contributed by atoms with Gasteiger partial charge >= 0.3 is 5.70 Å². The Morgan fingerprint density at radius 2 is 1.77 bits per heavy atom. The van der Waals surface area contributed by atoms with Gasteiger partial charge in [-0.3, -0.25) is 10.1 Å². The van der Waals surface area contributed by atoms with Crippen molar-refractivity contribution in [2.24, 2.45) is 0 Å². The highest BCUT2D eigenvalue weighted by Gasteiger charge is 2.38. The lowest BCUT2D eigenvalue weighted by molar-refractivity contribution is -0.377. The quantitative estimate of drug-likeness (QED) is 0.342. The zero-order valence-corrected chi connectivity index (χ0v) is 15.3.